The monoisotopic (exact) mass is 271 g/mol. The first-order chi connectivity index (χ1) is 9.63. The quantitative estimate of drug-likeness (QED) is 0.904. The minimum absolute atomic E-state index is 0.123. The summed E-state index contributed by atoms with van der Waals surface area (Å²) in [5.41, 5.74) is 0.255. The molecule has 20 heavy (non-hydrogen) atoms. The van der Waals surface area contributed by atoms with Gasteiger partial charge in [-0.15, -0.1) is 0 Å². The van der Waals surface area contributed by atoms with E-state index in [0.29, 0.717) is 17.1 Å². The van der Waals surface area contributed by atoms with Gasteiger partial charge in [0.1, 0.15) is 0 Å². The van der Waals surface area contributed by atoms with Crippen LogP contribution in [0.15, 0.2) is 30.6 Å². The Morgan fingerprint density at radius 2 is 2.10 bits per heavy atom. The molecular formula is C13H9N3O4. The first-order valence-electron chi connectivity index (χ1n) is 5.45. The second-order valence-electron chi connectivity index (χ2n) is 3.62. The van der Waals surface area contributed by atoms with Gasteiger partial charge in [-0.3, -0.25) is 0 Å². The van der Waals surface area contributed by atoms with Crippen molar-refractivity contribution in [2.75, 3.05) is 7.11 Å². The van der Waals surface area contributed by atoms with Crippen LogP contribution in [0.25, 0.3) is 0 Å². The van der Waals surface area contributed by atoms with Crippen molar-refractivity contribution in [3.05, 3.63) is 41.9 Å². The van der Waals surface area contributed by atoms with Crippen molar-refractivity contribution in [2.45, 2.75) is 0 Å². The molecule has 7 heteroatoms. The van der Waals surface area contributed by atoms with Gasteiger partial charge < -0.3 is 14.6 Å². The van der Waals surface area contributed by atoms with Crippen molar-refractivity contribution in [1.82, 2.24) is 9.97 Å². The zero-order valence-electron chi connectivity index (χ0n) is 10.4. The van der Waals surface area contributed by atoms with Crippen molar-refractivity contribution < 1.29 is 19.4 Å². The molecule has 7 nitrogen and oxygen atoms in total. The zero-order valence-corrected chi connectivity index (χ0v) is 10.4. The van der Waals surface area contributed by atoms with Gasteiger partial charge in [0.2, 0.25) is 5.88 Å². The van der Waals surface area contributed by atoms with Crippen LogP contribution in [0.3, 0.4) is 0 Å². The number of carboxylic acids is 1. The van der Waals surface area contributed by atoms with Gasteiger partial charge in [0, 0.05) is 6.07 Å². The first kappa shape index (κ1) is 13.3. The Hall–Kier alpha value is -3.14. The number of hydrogen-bond donors (Lipinski definition) is 1. The lowest BCUT2D eigenvalue weighted by molar-refractivity contribution is 0.0690. The molecule has 0 aliphatic heterocycles. The van der Waals surface area contributed by atoms with Gasteiger partial charge in [-0.2, -0.15) is 5.26 Å². The molecule has 100 valence electrons. The number of nitriles is 1. The molecule has 0 amide bonds. The molecule has 2 rings (SSSR count). The van der Waals surface area contributed by atoms with E-state index in [2.05, 4.69) is 9.97 Å². The SMILES string of the molecule is COc1cc(C#N)ccc1Oc1cnc(C(=O)O)cn1. The molecule has 1 aromatic heterocycles. The molecule has 0 aliphatic carbocycles. The summed E-state index contributed by atoms with van der Waals surface area (Å²) >= 11 is 0. The summed E-state index contributed by atoms with van der Waals surface area (Å²) in [5, 5.41) is 17.5. The van der Waals surface area contributed by atoms with Crippen molar-refractivity contribution >= 4 is 5.97 Å². The van der Waals surface area contributed by atoms with E-state index < -0.39 is 5.97 Å². The van der Waals surface area contributed by atoms with Gasteiger partial charge in [-0.1, -0.05) is 0 Å². The highest BCUT2D eigenvalue weighted by molar-refractivity contribution is 5.84. The van der Waals surface area contributed by atoms with Gasteiger partial charge >= 0.3 is 5.97 Å². The Balaban J connectivity index is 2.25. The Bertz CT molecular complexity index is 677. The highest BCUT2D eigenvalue weighted by atomic mass is 16.5. The molecule has 0 fully saturated rings. The third kappa shape index (κ3) is 2.81. The van der Waals surface area contributed by atoms with Crippen LogP contribution in [0.2, 0.25) is 0 Å². The molecule has 0 atom stereocenters. The van der Waals surface area contributed by atoms with Crippen molar-refractivity contribution in [1.29, 1.82) is 5.26 Å². The molecule has 1 heterocycles. The van der Waals surface area contributed by atoms with Crippen LogP contribution in [-0.2, 0) is 0 Å². The van der Waals surface area contributed by atoms with E-state index in [1.165, 1.54) is 19.4 Å². The maximum Gasteiger partial charge on any atom is 0.356 e. The number of benzene rings is 1. The number of aromatic carboxylic acids is 1. The Kier molecular flexibility index (Phi) is 3.77. The van der Waals surface area contributed by atoms with Crippen LogP contribution in [-0.4, -0.2) is 28.2 Å². The van der Waals surface area contributed by atoms with Crippen LogP contribution in [0.5, 0.6) is 17.4 Å². The average molecular weight is 271 g/mol. The van der Waals surface area contributed by atoms with E-state index in [1.807, 2.05) is 6.07 Å². The van der Waals surface area contributed by atoms with Crippen molar-refractivity contribution in [3.63, 3.8) is 0 Å². The summed E-state index contributed by atoms with van der Waals surface area (Å²) in [6.07, 6.45) is 2.29. The number of carbonyl (C=O) groups is 1. The third-order valence-electron chi connectivity index (χ3n) is 2.35. The third-order valence-corrected chi connectivity index (χ3v) is 2.35. The lowest BCUT2D eigenvalue weighted by Gasteiger charge is -2.09. The zero-order chi connectivity index (χ0) is 14.5. The van der Waals surface area contributed by atoms with E-state index in [4.69, 9.17) is 19.8 Å². The number of rotatable bonds is 4. The molecule has 2 aromatic rings. The van der Waals surface area contributed by atoms with Crippen LogP contribution in [0, 0.1) is 11.3 Å². The van der Waals surface area contributed by atoms with E-state index in [-0.39, 0.29) is 11.6 Å². The molecule has 0 aliphatic rings. The van der Waals surface area contributed by atoms with Crippen molar-refractivity contribution in [2.24, 2.45) is 0 Å². The number of carboxylic acid groups (broad SMARTS) is 1. The standard InChI is InChI=1S/C13H9N3O4/c1-19-11-4-8(5-14)2-3-10(11)20-12-7-15-9(6-16-12)13(17)18/h2-4,6-7H,1H3,(H,17,18). The second-order valence-corrected chi connectivity index (χ2v) is 3.62. The lowest BCUT2D eigenvalue weighted by atomic mass is 10.2. The minimum Gasteiger partial charge on any atom is -0.493 e. The summed E-state index contributed by atoms with van der Waals surface area (Å²) in [6, 6.07) is 6.63. The number of nitrogens with zero attached hydrogens (tertiary/aromatic N) is 3. The maximum absolute atomic E-state index is 10.6. The molecule has 1 aromatic carbocycles. The second kappa shape index (κ2) is 5.67. The normalized spacial score (nSPS) is 9.60. The van der Waals surface area contributed by atoms with E-state index in [0.717, 1.165) is 6.20 Å². The number of ether oxygens (including phenoxy) is 2. The largest absolute Gasteiger partial charge is 0.493 e. The number of methoxy groups -OCH3 is 1. The fourth-order valence-electron chi connectivity index (χ4n) is 1.41. The van der Waals surface area contributed by atoms with Crippen LogP contribution < -0.4 is 9.47 Å². The predicted octanol–water partition coefficient (Wildman–Crippen LogP) is 1.85. The highest BCUT2D eigenvalue weighted by Gasteiger charge is 2.10. The number of aromatic nitrogens is 2. The van der Waals surface area contributed by atoms with Crippen LogP contribution in [0.4, 0.5) is 0 Å². The molecule has 0 radical (unpaired) electrons. The van der Waals surface area contributed by atoms with E-state index in [1.54, 1.807) is 12.1 Å². The smallest absolute Gasteiger partial charge is 0.356 e. The van der Waals surface area contributed by atoms with Gasteiger partial charge in [0.15, 0.2) is 17.2 Å². The summed E-state index contributed by atoms with van der Waals surface area (Å²) in [4.78, 5) is 18.2. The summed E-state index contributed by atoms with van der Waals surface area (Å²) in [7, 11) is 1.45. The van der Waals surface area contributed by atoms with Gasteiger partial charge in [-0.05, 0) is 12.1 Å². The first-order valence-corrected chi connectivity index (χ1v) is 5.45. The van der Waals surface area contributed by atoms with Gasteiger partial charge in [-0.25, -0.2) is 14.8 Å². The predicted molar refractivity (Wildman–Crippen MR) is 66.8 cm³/mol. The Morgan fingerprint density at radius 1 is 1.30 bits per heavy atom. The van der Waals surface area contributed by atoms with Gasteiger partial charge in [0.05, 0.1) is 31.1 Å². The fourth-order valence-corrected chi connectivity index (χ4v) is 1.41. The summed E-state index contributed by atoms with van der Waals surface area (Å²) in [5.74, 6) is -0.324. The van der Waals surface area contributed by atoms with Crippen molar-refractivity contribution in [3.8, 4) is 23.4 Å². The van der Waals surface area contributed by atoms with Gasteiger partial charge in [0.25, 0.3) is 0 Å². The lowest BCUT2D eigenvalue weighted by Crippen LogP contribution is -2.01. The molecular weight excluding hydrogens is 262 g/mol. The van der Waals surface area contributed by atoms with E-state index >= 15 is 0 Å². The molecule has 0 spiro atoms. The molecule has 0 unspecified atom stereocenters. The Morgan fingerprint density at radius 3 is 2.65 bits per heavy atom. The topological polar surface area (TPSA) is 105 Å². The molecule has 0 bridgehead atoms. The summed E-state index contributed by atoms with van der Waals surface area (Å²) < 4.78 is 10.5. The maximum atomic E-state index is 10.6. The molecule has 0 saturated carbocycles. The van der Waals surface area contributed by atoms with Crippen LogP contribution >= 0.6 is 0 Å². The minimum atomic E-state index is -1.17. The fraction of sp³-hybridized carbons (Fsp3) is 0.0769. The average Bonchev–Trinajstić information content (AvgIpc) is 2.48. The molecule has 1 N–H and O–H groups in total. The van der Waals surface area contributed by atoms with Crippen LogP contribution in [0.1, 0.15) is 16.1 Å². The van der Waals surface area contributed by atoms with E-state index in [9.17, 15) is 4.79 Å². The number of hydrogen-bond acceptors (Lipinski definition) is 6. The Labute approximate surface area is 114 Å². The highest BCUT2D eigenvalue weighted by Crippen LogP contribution is 2.31. The molecule has 0 saturated heterocycles. The summed E-state index contributed by atoms with van der Waals surface area (Å²) in [6.45, 7) is 0.